The van der Waals surface area contributed by atoms with Gasteiger partial charge in [0.25, 0.3) is 0 Å². The summed E-state index contributed by atoms with van der Waals surface area (Å²) >= 11 is 0. The first-order valence-corrected chi connectivity index (χ1v) is 15.3. The van der Waals surface area contributed by atoms with Crippen LogP contribution in [0.2, 0.25) is 0 Å². The summed E-state index contributed by atoms with van der Waals surface area (Å²) in [7, 11) is 0. The van der Waals surface area contributed by atoms with Gasteiger partial charge in [0.05, 0.1) is 12.8 Å². The Bertz CT molecular complexity index is 1340. The van der Waals surface area contributed by atoms with Gasteiger partial charge >= 0.3 is 0 Å². The maximum Gasteiger partial charge on any atom is 0.161 e. The Balaban J connectivity index is 1.29. The molecule has 6 N–H and O–H groups in total. The minimum atomic E-state index is -0.509. The summed E-state index contributed by atoms with van der Waals surface area (Å²) in [6.07, 6.45) is 14.2. The zero-order valence-electron chi connectivity index (χ0n) is 24.9. The van der Waals surface area contributed by atoms with Crippen LogP contribution in [0.4, 0.5) is 0 Å². The van der Waals surface area contributed by atoms with Crippen LogP contribution >= 0.6 is 0 Å². The molecule has 0 heterocycles. The van der Waals surface area contributed by atoms with Crippen molar-refractivity contribution in [1.29, 1.82) is 0 Å². The molecule has 1 saturated carbocycles. The van der Waals surface area contributed by atoms with E-state index in [2.05, 4.69) is 13.0 Å². The van der Waals surface area contributed by atoms with Crippen molar-refractivity contribution < 1.29 is 19.7 Å². The Morgan fingerprint density at radius 3 is 2.29 bits per heavy atom. The summed E-state index contributed by atoms with van der Waals surface area (Å²) in [5.41, 5.74) is 16.4. The molecule has 0 atom stereocenters. The number of nitrogens with two attached hydrogens (primary N) is 2. The highest BCUT2D eigenvalue weighted by molar-refractivity contribution is 5.89. The van der Waals surface area contributed by atoms with Crippen molar-refractivity contribution in [2.24, 2.45) is 16.9 Å². The average molecular weight is 571 g/mol. The van der Waals surface area contributed by atoms with Crippen molar-refractivity contribution in [1.82, 2.24) is 0 Å². The number of carbonyl (C=O) groups is 1. The first-order valence-electron chi connectivity index (χ1n) is 15.3. The molecule has 0 saturated heterocycles. The molecule has 42 heavy (non-hydrogen) atoms. The number of phenols is 2. The van der Waals surface area contributed by atoms with E-state index in [1.54, 1.807) is 12.1 Å². The molecule has 6 heteroatoms. The third-order valence-corrected chi connectivity index (χ3v) is 8.49. The summed E-state index contributed by atoms with van der Waals surface area (Å²) in [5, 5.41) is 20.8. The van der Waals surface area contributed by atoms with Gasteiger partial charge in [0.1, 0.15) is 5.75 Å². The number of aryl methyl sites for hydroxylation is 1. The number of ether oxygens (including phenoxy) is 1. The van der Waals surface area contributed by atoms with Crippen LogP contribution in [0.1, 0.15) is 92.3 Å². The number of unbranched alkanes of at least 4 members (excludes halogenated alkanes) is 1. The molecule has 0 aliphatic heterocycles. The smallest absolute Gasteiger partial charge is 0.161 e. The maximum atomic E-state index is 12.7. The molecule has 4 rings (SSSR count). The highest BCUT2D eigenvalue weighted by Gasteiger charge is 2.30. The molecule has 1 aliphatic rings. The van der Waals surface area contributed by atoms with Crippen LogP contribution in [0, 0.1) is 5.41 Å². The Morgan fingerprint density at radius 1 is 0.929 bits per heavy atom. The number of aromatic hydroxyl groups is 2. The second kappa shape index (κ2) is 15.0. The molecular formula is C36H46N2O4. The SMILES string of the molecule is CCCCC1(C=CC(=O)CCc2ccc(O)c(OCCc3ccc(O)c(Cc4ccc(C(N)N)cc4)c3)c2)CCCC1. The minimum absolute atomic E-state index is 0.0797. The summed E-state index contributed by atoms with van der Waals surface area (Å²) in [6.45, 7) is 2.59. The fourth-order valence-corrected chi connectivity index (χ4v) is 5.85. The number of benzene rings is 3. The molecule has 3 aromatic carbocycles. The van der Waals surface area contributed by atoms with Gasteiger partial charge in [-0.25, -0.2) is 0 Å². The third-order valence-electron chi connectivity index (χ3n) is 8.49. The molecule has 0 unspecified atom stereocenters. The predicted octanol–water partition coefficient (Wildman–Crippen LogP) is 7.03. The van der Waals surface area contributed by atoms with E-state index < -0.39 is 6.17 Å². The van der Waals surface area contributed by atoms with Gasteiger partial charge in [-0.15, -0.1) is 0 Å². The lowest BCUT2D eigenvalue weighted by molar-refractivity contribution is -0.114. The highest BCUT2D eigenvalue weighted by atomic mass is 16.5. The van der Waals surface area contributed by atoms with Crippen LogP contribution in [-0.2, 0) is 24.1 Å². The van der Waals surface area contributed by atoms with E-state index in [9.17, 15) is 15.0 Å². The second-order valence-electron chi connectivity index (χ2n) is 11.8. The Morgan fingerprint density at radius 2 is 1.60 bits per heavy atom. The van der Waals surface area contributed by atoms with Crippen molar-refractivity contribution in [3.05, 3.63) is 101 Å². The monoisotopic (exact) mass is 570 g/mol. The van der Waals surface area contributed by atoms with Gasteiger partial charge in [-0.2, -0.15) is 0 Å². The van der Waals surface area contributed by atoms with Crippen LogP contribution in [0.15, 0.2) is 72.8 Å². The molecule has 1 aliphatic carbocycles. The van der Waals surface area contributed by atoms with Gasteiger partial charge < -0.3 is 26.4 Å². The number of hydrogen-bond donors (Lipinski definition) is 4. The van der Waals surface area contributed by atoms with Crippen LogP contribution in [0.25, 0.3) is 0 Å². The third kappa shape index (κ3) is 8.94. The first-order chi connectivity index (χ1) is 20.3. The van der Waals surface area contributed by atoms with Crippen molar-refractivity contribution in [2.45, 2.75) is 83.7 Å². The van der Waals surface area contributed by atoms with Crippen LogP contribution < -0.4 is 16.2 Å². The Hall–Kier alpha value is -3.61. The Labute approximate surface area is 250 Å². The van der Waals surface area contributed by atoms with E-state index in [4.69, 9.17) is 16.2 Å². The predicted molar refractivity (Wildman–Crippen MR) is 169 cm³/mol. The average Bonchev–Trinajstić information content (AvgIpc) is 3.46. The van der Waals surface area contributed by atoms with E-state index in [0.717, 1.165) is 27.8 Å². The van der Waals surface area contributed by atoms with Gasteiger partial charge in [-0.1, -0.05) is 81.1 Å². The Kier molecular flexibility index (Phi) is 11.2. The highest BCUT2D eigenvalue weighted by Crippen LogP contribution is 2.43. The van der Waals surface area contributed by atoms with E-state index in [1.807, 2.05) is 54.6 Å². The van der Waals surface area contributed by atoms with Crippen LogP contribution in [0.3, 0.4) is 0 Å². The lowest BCUT2D eigenvalue weighted by atomic mass is 9.80. The van der Waals surface area contributed by atoms with Gasteiger partial charge in [-0.3, -0.25) is 4.79 Å². The summed E-state index contributed by atoms with van der Waals surface area (Å²) in [4.78, 5) is 12.7. The van der Waals surface area contributed by atoms with E-state index in [0.29, 0.717) is 38.0 Å². The van der Waals surface area contributed by atoms with Crippen molar-refractivity contribution in [2.75, 3.05) is 6.61 Å². The molecule has 0 bridgehead atoms. The topological polar surface area (TPSA) is 119 Å². The molecule has 6 nitrogen and oxygen atoms in total. The van der Waals surface area contributed by atoms with E-state index in [1.165, 1.54) is 44.9 Å². The van der Waals surface area contributed by atoms with Gasteiger partial charge in [-0.05, 0) is 83.2 Å². The lowest BCUT2D eigenvalue weighted by Gasteiger charge is -2.24. The molecule has 0 aromatic heterocycles. The van der Waals surface area contributed by atoms with Gasteiger partial charge in [0.15, 0.2) is 17.3 Å². The quantitative estimate of drug-likeness (QED) is 0.115. The van der Waals surface area contributed by atoms with Crippen molar-refractivity contribution >= 4 is 5.78 Å². The molecule has 0 spiro atoms. The number of rotatable bonds is 15. The number of phenolic OH excluding ortho intramolecular Hbond substituents is 2. The van der Waals surface area contributed by atoms with E-state index >= 15 is 0 Å². The van der Waals surface area contributed by atoms with Crippen molar-refractivity contribution in [3.8, 4) is 17.2 Å². The summed E-state index contributed by atoms with van der Waals surface area (Å²) in [5.74, 6) is 0.886. The maximum absolute atomic E-state index is 12.7. The van der Waals surface area contributed by atoms with Crippen LogP contribution in [0.5, 0.6) is 17.2 Å². The lowest BCUT2D eigenvalue weighted by Crippen LogP contribution is -2.19. The normalized spacial score (nSPS) is 14.6. The van der Waals surface area contributed by atoms with Gasteiger partial charge in [0, 0.05) is 19.3 Å². The zero-order chi connectivity index (χ0) is 30.0. The van der Waals surface area contributed by atoms with Crippen LogP contribution in [-0.4, -0.2) is 22.6 Å². The standard InChI is InChI=1S/C36H46N2O4/c1-2-3-18-36(19-4-5-20-36)21-16-31(39)13-8-27-10-15-33(41)34(25-27)42-22-17-28-9-14-32(40)30(24-28)23-26-6-11-29(12-7-26)35(37)38/h6-7,9-12,14-16,21,24-25,35,40-41H,2-5,8,13,17-20,22-23,37-38H2,1H3. The largest absolute Gasteiger partial charge is 0.508 e. The molecular weight excluding hydrogens is 524 g/mol. The molecule has 0 amide bonds. The number of ketones is 1. The molecule has 3 aromatic rings. The van der Waals surface area contributed by atoms with E-state index in [-0.39, 0.29) is 22.7 Å². The fraction of sp³-hybridized carbons (Fsp3) is 0.417. The van der Waals surface area contributed by atoms with Crippen molar-refractivity contribution in [3.63, 3.8) is 0 Å². The number of hydrogen-bond acceptors (Lipinski definition) is 6. The van der Waals surface area contributed by atoms with Gasteiger partial charge in [0.2, 0.25) is 0 Å². The number of allylic oxidation sites excluding steroid dienone is 2. The summed E-state index contributed by atoms with van der Waals surface area (Å²) < 4.78 is 5.94. The first kappa shape index (κ1) is 31.3. The second-order valence-corrected chi connectivity index (χ2v) is 11.8. The minimum Gasteiger partial charge on any atom is -0.508 e. The fourth-order valence-electron chi connectivity index (χ4n) is 5.85. The molecule has 1 fully saturated rings. The zero-order valence-corrected chi connectivity index (χ0v) is 24.9. The molecule has 0 radical (unpaired) electrons. The molecule has 224 valence electrons. The number of carbonyl (C=O) groups excluding carboxylic acids is 1. The summed E-state index contributed by atoms with van der Waals surface area (Å²) in [6, 6.07) is 18.6.